The van der Waals surface area contributed by atoms with Gasteiger partial charge in [-0.15, -0.1) is 0 Å². The number of ether oxygens (including phenoxy) is 1. The smallest absolute Gasteiger partial charge is 0.325 e. The van der Waals surface area contributed by atoms with Gasteiger partial charge in [-0.1, -0.05) is 18.2 Å². The summed E-state index contributed by atoms with van der Waals surface area (Å²) in [4.78, 5) is 23.4. The fraction of sp³-hybridized carbons (Fsp3) is 0.154. The van der Waals surface area contributed by atoms with Gasteiger partial charge in [0.2, 0.25) is 0 Å². The molecule has 8 heteroatoms. The average molecular weight is 462 g/mol. The largest absolute Gasteiger partial charge is 0.468 e. The summed E-state index contributed by atoms with van der Waals surface area (Å²) in [5.74, 6) is -0.824. The molecule has 1 amide bonds. The molecule has 7 nitrogen and oxygen atoms in total. The number of aliphatic hydroxyl groups is 1. The van der Waals surface area contributed by atoms with Crippen molar-refractivity contribution in [1.29, 1.82) is 0 Å². The minimum Gasteiger partial charge on any atom is -0.468 e. The third-order valence-corrected chi connectivity index (χ3v) is 5.48. The average Bonchev–Trinajstić information content (AvgIpc) is 3.25. The molecule has 0 saturated carbocycles. The first-order valence-electron chi connectivity index (χ1n) is 10.5. The Balaban J connectivity index is 1.68. The summed E-state index contributed by atoms with van der Waals surface area (Å²) in [5, 5.41) is 16.7. The van der Waals surface area contributed by atoms with E-state index in [2.05, 4.69) is 15.4 Å². The molecule has 0 fully saturated rings. The first kappa shape index (κ1) is 23.2. The standard InChI is InChI=1S/C26H23FN2O5/c1-28-26(32)23-20-13-18(9-12-21(20)34-24(23)16-7-10-19(27)11-8-16)15-3-5-17(6-4-15)25(31)29-14-22(30)33-2/h3-13,26,28,32H,14H2,1-2H3,(H,29,31). The van der Waals surface area contributed by atoms with E-state index in [1.165, 1.54) is 19.2 Å². The monoisotopic (exact) mass is 462 g/mol. The maximum absolute atomic E-state index is 13.4. The van der Waals surface area contributed by atoms with Crippen molar-refractivity contribution < 1.29 is 28.2 Å². The lowest BCUT2D eigenvalue weighted by Gasteiger charge is -2.11. The molecule has 174 valence electrons. The minimum atomic E-state index is -1.00. The van der Waals surface area contributed by atoms with Gasteiger partial charge in [-0.3, -0.25) is 14.9 Å². The van der Waals surface area contributed by atoms with Crippen molar-refractivity contribution >= 4 is 22.8 Å². The second kappa shape index (κ2) is 9.86. The van der Waals surface area contributed by atoms with Crippen LogP contribution in [0.4, 0.5) is 4.39 Å². The van der Waals surface area contributed by atoms with Crippen LogP contribution in [0.25, 0.3) is 33.4 Å². The zero-order chi connectivity index (χ0) is 24.2. The molecule has 0 saturated heterocycles. The molecule has 4 aromatic rings. The van der Waals surface area contributed by atoms with E-state index in [9.17, 15) is 19.1 Å². The van der Waals surface area contributed by atoms with E-state index in [1.807, 2.05) is 12.1 Å². The van der Waals surface area contributed by atoms with Crippen LogP contribution >= 0.6 is 0 Å². The Labute approximate surface area is 195 Å². The van der Waals surface area contributed by atoms with Crippen molar-refractivity contribution in [2.24, 2.45) is 0 Å². The highest BCUT2D eigenvalue weighted by molar-refractivity contribution is 5.97. The highest BCUT2D eigenvalue weighted by Crippen LogP contribution is 2.38. The number of fused-ring (bicyclic) bond motifs is 1. The van der Waals surface area contributed by atoms with Crippen LogP contribution in [0.1, 0.15) is 22.1 Å². The number of hydrogen-bond donors (Lipinski definition) is 3. The Morgan fingerprint density at radius 1 is 1.00 bits per heavy atom. The molecule has 0 aliphatic heterocycles. The number of esters is 1. The van der Waals surface area contributed by atoms with E-state index in [1.54, 1.807) is 49.5 Å². The number of halogens is 1. The molecule has 1 atom stereocenters. The van der Waals surface area contributed by atoms with E-state index in [-0.39, 0.29) is 18.3 Å². The molecule has 0 bridgehead atoms. The summed E-state index contributed by atoms with van der Waals surface area (Å²) >= 11 is 0. The van der Waals surface area contributed by atoms with Crippen LogP contribution in [0.2, 0.25) is 0 Å². The van der Waals surface area contributed by atoms with Gasteiger partial charge in [-0.05, 0) is 66.7 Å². The number of carbonyl (C=O) groups is 2. The number of aliphatic hydroxyl groups excluding tert-OH is 1. The van der Waals surface area contributed by atoms with Crippen LogP contribution in [0, 0.1) is 5.82 Å². The van der Waals surface area contributed by atoms with Gasteiger partial charge in [-0.2, -0.15) is 0 Å². The summed E-state index contributed by atoms with van der Waals surface area (Å²) in [5.41, 5.74) is 3.87. The zero-order valence-corrected chi connectivity index (χ0v) is 18.6. The maximum atomic E-state index is 13.4. The molecule has 0 aliphatic carbocycles. The molecule has 3 aromatic carbocycles. The highest BCUT2D eigenvalue weighted by atomic mass is 19.1. The molecule has 0 radical (unpaired) electrons. The van der Waals surface area contributed by atoms with Gasteiger partial charge >= 0.3 is 5.97 Å². The first-order valence-corrected chi connectivity index (χ1v) is 10.5. The van der Waals surface area contributed by atoms with Crippen molar-refractivity contribution in [2.75, 3.05) is 20.7 Å². The Hall–Kier alpha value is -4.01. The van der Waals surface area contributed by atoms with Gasteiger partial charge in [0.25, 0.3) is 5.91 Å². The second-order valence-corrected chi connectivity index (χ2v) is 7.59. The number of nitrogens with one attached hydrogen (secondary N) is 2. The summed E-state index contributed by atoms with van der Waals surface area (Å²) in [6, 6.07) is 18.4. The second-order valence-electron chi connectivity index (χ2n) is 7.59. The number of carbonyl (C=O) groups excluding carboxylic acids is 2. The van der Waals surface area contributed by atoms with Gasteiger partial charge in [0.05, 0.1) is 7.11 Å². The molecule has 1 heterocycles. The number of rotatable bonds is 7. The molecule has 1 aromatic heterocycles. The van der Waals surface area contributed by atoms with E-state index in [0.717, 1.165) is 11.1 Å². The summed E-state index contributed by atoms with van der Waals surface area (Å²) in [7, 11) is 2.88. The van der Waals surface area contributed by atoms with Crippen LogP contribution in [0.5, 0.6) is 0 Å². The van der Waals surface area contributed by atoms with Crippen molar-refractivity contribution in [3.8, 4) is 22.5 Å². The van der Waals surface area contributed by atoms with Crippen LogP contribution in [-0.2, 0) is 9.53 Å². The van der Waals surface area contributed by atoms with E-state index in [0.29, 0.717) is 33.4 Å². The van der Waals surface area contributed by atoms with Gasteiger partial charge in [0.1, 0.15) is 29.9 Å². The number of methoxy groups -OCH3 is 1. The first-order chi connectivity index (χ1) is 16.4. The van der Waals surface area contributed by atoms with E-state index >= 15 is 0 Å². The predicted molar refractivity (Wildman–Crippen MR) is 125 cm³/mol. The van der Waals surface area contributed by atoms with Crippen molar-refractivity contribution in [1.82, 2.24) is 10.6 Å². The van der Waals surface area contributed by atoms with E-state index < -0.39 is 12.2 Å². The Bertz CT molecular complexity index is 1330. The van der Waals surface area contributed by atoms with Crippen LogP contribution in [-0.4, -0.2) is 37.7 Å². The van der Waals surface area contributed by atoms with Crippen LogP contribution in [0.15, 0.2) is 71.1 Å². The molecular weight excluding hydrogens is 439 g/mol. The van der Waals surface area contributed by atoms with Crippen molar-refractivity contribution in [2.45, 2.75) is 6.23 Å². The third-order valence-electron chi connectivity index (χ3n) is 5.48. The molecule has 34 heavy (non-hydrogen) atoms. The number of amides is 1. The van der Waals surface area contributed by atoms with Crippen LogP contribution in [0.3, 0.4) is 0 Å². The lowest BCUT2D eigenvalue weighted by atomic mass is 9.99. The SMILES string of the molecule is CNC(O)c1c(-c2ccc(F)cc2)oc2ccc(-c3ccc(C(=O)NCC(=O)OC)cc3)cc12. The van der Waals surface area contributed by atoms with Gasteiger partial charge in [0, 0.05) is 22.1 Å². The Morgan fingerprint density at radius 2 is 1.65 bits per heavy atom. The molecule has 4 rings (SSSR count). The third kappa shape index (κ3) is 4.68. The van der Waals surface area contributed by atoms with Crippen LogP contribution < -0.4 is 10.6 Å². The molecular formula is C26H23FN2O5. The molecule has 1 unspecified atom stereocenters. The quantitative estimate of drug-likeness (QED) is 0.283. The fourth-order valence-electron chi connectivity index (χ4n) is 3.67. The highest BCUT2D eigenvalue weighted by Gasteiger charge is 2.22. The Morgan fingerprint density at radius 3 is 2.29 bits per heavy atom. The Kier molecular flexibility index (Phi) is 6.72. The zero-order valence-electron chi connectivity index (χ0n) is 18.6. The molecule has 0 spiro atoms. The lowest BCUT2D eigenvalue weighted by Crippen LogP contribution is -2.30. The van der Waals surface area contributed by atoms with Gasteiger partial charge in [-0.25, -0.2) is 4.39 Å². The predicted octanol–water partition coefficient (Wildman–Crippen LogP) is 4.02. The molecule has 3 N–H and O–H groups in total. The normalized spacial score (nSPS) is 11.9. The molecule has 0 aliphatic rings. The lowest BCUT2D eigenvalue weighted by molar-refractivity contribution is -0.139. The van der Waals surface area contributed by atoms with Crippen molar-refractivity contribution in [3.05, 3.63) is 83.7 Å². The fourth-order valence-corrected chi connectivity index (χ4v) is 3.67. The number of benzene rings is 3. The minimum absolute atomic E-state index is 0.207. The van der Waals surface area contributed by atoms with Gasteiger partial charge < -0.3 is 19.6 Å². The summed E-state index contributed by atoms with van der Waals surface area (Å²) < 4.78 is 24.0. The van der Waals surface area contributed by atoms with E-state index in [4.69, 9.17) is 4.42 Å². The number of furan rings is 1. The van der Waals surface area contributed by atoms with Crippen molar-refractivity contribution in [3.63, 3.8) is 0 Å². The topological polar surface area (TPSA) is 101 Å². The summed E-state index contributed by atoms with van der Waals surface area (Å²) in [6.07, 6.45) is -1.00. The summed E-state index contributed by atoms with van der Waals surface area (Å²) in [6.45, 7) is -0.207. The number of hydrogen-bond acceptors (Lipinski definition) is 6. The van der Waals surface area contributed by atoms with Gasteiger partial charge in [0.15, 0.2) is 0 Å². The maximum Gasteiger partial charge on any atom is 0.325 e.